The van der Waals surface area contributed by atoms with Crippen LogP contribution >= 0.6 is 27.3 Å². The van der Waals surface area contributed by atoms with Crippen LogP contribution < -0.4 is 5.32 Å². The average molecular weight is 315 g/mol. The molecule has 2 rings (SSSR count). The molecule has 0 aliphatic carbocycles. The van der Waals surface area contributed by atoms with Crippen LogP contribution in [0.3, 0.4) is 0 Å². The van der Waals surface area contributed by atoms with Gasteiger partial charge < -0.3 is 5.32 Å². The lowest BCUT2D eigenvalue weighted by molar-refractivity contribution is 0.618. The molecule has 0 aliphatic heterocycles. The lowest BCUT2D eigenvalue weighted by Gasteiger charge is -2.04. The predicted octanol–water partition coefficient (Wildman–Crippen LogP) is 3.64. The maximum Gasteiger partial charge on any atom is 0.124 e. The van der Waals surface area contributed by atoms with Gasteiger partial charge >= 0.3 is 0 Å². The molecule has 0 aliphatic rings. The molecule has 0 atom stereocenters. The van der Waals surface area contributed by atoms with Crippen molar-refractivity contribution in [1.29, 1.82) is 0 Å². The Labute approximate surface area is 112 Å². The second-order valence-corrected chi connectivity index (χ2v) is 5.72. The Hall–Kier alpha value is -0.780. The molecule has 0 saturated carbocycles. The van der Waals surface area contributed by atoms with E-state index in [0.29, 0.717) is 13.1 Å². The molecule has 17 heavy (non-hydrogen) atoms. The minimum Gasteiger partial charge on any atom is -0.307 e. The Bertz CT molecular complexity index is 493. The number of benzene rings is 1. The molecule has 0 fully saturated rings. The fourth-order valence-corrected chi connectivity index (χ4v) is 2.66. The number of thiazole rings is 1. The van der Waals surface area contributed by atoms with Crippen LogP contribution in [-0.2, 0) is 13.1 Å². The van der Waals surface area contributed by atoms with E-state index in [9.17, 15) is 4.39 Å². The van der Waals surface area contributed by atoms with E-state index in [0.717, 1.165) is 20.7 Å². The van der Waals surface area contributed by atoms with Gasteiger partial charge in [-0.25, -0.2) is 9.37 Å². The Morgan fingerprint density at radius 2 is 2.18 bits per heavy atom. The van der Waals surface area contributed by atoms with Crippen LogP contribution in [0.2, 0.25) is 0 Å². The summed E-state index contributed by atoms with van der Waals surface area (Å²) in [6.07, 6.45) is 0. The molecular weight excluding hydrogens is 303 g/mol. The molecule has 5 heteroatoms. The maximum absolute atomic E-state index is 13.1. The Balaban J connectivity index is 1.89. The molecule has 0 saturated heterocycles. The molecule has 0 spiro atoms. The van der Waals surface area contributed by atoms with Gasteiger partial charge in [0.15, 0.2) is 0 Å². The zero-order valence-corrected chi connectivity index (χ0v) is 11.7. The lowest BCUT2D eigenvalue weighted by Crippen LogP contribution is -2.13. The minimum atomic E-state index is -0.222. The van der Waals surface area contributed by atoms with E-state index < -0.39 is 0 Å². The first-order valence-electron chi connectivity index (χ1n) is 5.20. The van der Waals surface area contributed by atoms with Crippen molar-refractivity contribution >= 4 is 27.3 Å². The second kappa shape index (κ2) is 5.71. The van der Waals surface area contributed by atoms with Gasteiger partial charge in [-0.3, -0.25) is 0 Å². The fraction of sp³-hybridized carbons (Fsp3) is 0.250. The molecule has 0 amide bonds. The highest BCUT2D eigenvalue weighted by Crippen LogP contribution is 2.15. The molecular formula is C12H12BrFN2S. The van der Waals surface area contributed by atoms with Crippen LogP contribution in [0.1, 0.15) is 16.3 Å². The first kappa shape index (κ1) is 12.7. The van der Waals surface area contributed by atoms with Crippen LogP contribution in [0.25, 0.3) is 0 Å². The third-order valence-corrected chi connectivity index (χ3v) is 3.50. The first-order valence-corrected chi connectivity index (χ1v) is 6.87. The van der Waals surface area contributed by atoms with E-state index in [1.54, 1.807) is 11.3 Å². The van der Waals surface area contributed by atoms with Crippen molar-refractivity contribution in [1.82, 2.24) is 10.3 Å². The second-order valence-electron chi connectivity index (χ2n) is 3.74. The summed E-state index contributed by atoms with van der Waals surface area (Å²) in [7, 11) is 0. The lowest BCUT2D eigenvalue weighted by atomic mass is 10.2. The van der Waals surface area contributed by atoms with E-state index in [4.69, 9.17) is 0 Å². The van der Waals surface area contributed by atoms with Crippen LogP contribution in [0.4, 0.5) is 4.39 Å². The van der Waals surface area contributed by atoms with Gasteiger partial charge in [-0.1, -0.05) is 15.9 Å². The van der Waals surface area contributed by atoms with Crippen molar-refractivity contribution in [3.8, 4) is 0 Å². The van der Waals surface area contributed by atoms with E-state index in [1.165, 1.54) is 12.1 Å². The molecule has 1 aromatic carbocycles. The standard InChI is InChI=1S/C12H12BrFN2S/c1-8-16-12(7-17-8)6-15-5-9-2-10(13)4-11(14)3-9/h2-4,7,15H,5-6H2,1H3. The molecule has 1 aromatic heterocycles. The number of aryl methyl sites for hydroxylation is 1. The predicted molar refractivity (Wildman–Crippen MR) is 71.5 cm³/mol. The van der Waals surface area contributed by atoms with E-state index in [1.807, 2.05) is 18.4 Å². The molecule has 1 heterocycles. The van der Waals surface area contributed by atoms with Crippen LogP contribution in [0.15, 0.2) is 28.1 Å². The van der Waals surface area contributed by atoms with Gasteiger partial charge in [-0.05, 0) is 30.7 Å². The SMILES string of the molecule is Cc1nc(CNCc2cc(F)cc(Br)c2)cs1. The summed E-state index contributed by atoms with van der Waals surface area (Å²) < 4.78 is 13.9. The van der Waals surface area contributed by atoms with Crippen molar-refractivity contribution in [2.75, 3.05) is 0 Å². The molecule has 2 aromatic rings. The van der Waals surface area contributed by atoms with Gasteiger partial charge in [-0.2, -0.15) is 0 Å². The third-order valence-electron chi connectivity index (χ3n) is 2.22. The summed E-state index contributed by atoms with van der Waals surface area (Å²) in [5, 5.41) is 6.34. The maximum atomic E-state index is 13.1. The van der Waals surface area contributed by atoms with Crippen LogP contribution in [0, 0.1) is 12.7 Å². The molecule has 0 bridgehead atoms. The summed E-state index contributed by atoms with van der Waals surface area (Å²) in [5.74, 6) is -0.222. The summed E-state index contributed by atoms with van der Waals surface area (Å²) in [6.45, 7) is 3.32. The monoisotopic (exact) mass is 314 g/mol. The smallest absolute Gasteiger partial charge is 0.124 e. The number of nitrogens with zero attached hydrogens (tertiary/aromatic N) is 1. The van der Waals surface area contributed by atoms with Crippen molar-refractivity contribution in [2.45, 2.75) is 20.0 Å². The largest absolute Gasteiger partial charge is 0.307 e. The van der Waals surface area contributed by atoms with E-state index in [2.05, 4.69) is 26.2 Å². The first-order chi connectivity index (χ1) is 8.13. The molecule has 90 valence electrons. The summed E-state index contributed by atoms with van der Waals surface area (Å²) >= 11 is 4.91. The van der Waals surface area contributed by atoms with Crippen molar-refractivity contribution in [3.05, 3.63) is 50.1 Å². The van der Waals surface area contributed by atoms with Crippen molar-refractivity contribution in [2.24, 2.45) is 0 Å². The highest BCUT2D eigenvalue weighted by atomic mass is 79.9. The molecule has 1 N–H and O–H groups in total. The zero-order chi connectivity index (χ0) is 12.3. The highest BCUT2D eigenvalue weighted by molar-refractivity contribution is 9.10. The molecule has 0 radical (unpaired) electrons. The number of hydrogen-bond acceptors (Lipinski definition) is 3. The minimum absolute atomic E-state index is 0.222. The van der Waals surface area contributed by atoms with Crippen molar-refractivity contribution in [3.63, 3.8) is 0 Å². The summed E-state index contributed by atoms with van der Waals surface area (Å²) in [6, 6.07) is 4.89. The van der Waals surface area contributed by atoms with E-state index >= 15 is 0 Å². The van der Waals surface area contributed by atoms with Gasteiger partial charge in [0.05, 0.1) is 10.7 Å². The average Bonchev–Trinajstić information content (AvgIpc) is 2.63. The van der Waals surface area contributed by atoms with Crippen LogP contribution in [-0.4, -0.2) is 4.98 Å². The number of rotatable bonds is 4. The Morgan fingerprint density at radius 1 is 1.35 bits per heavy atom. The van der Waals surface area contributed by atoms with Gasteiger partial charge in [0.2, 0.25) is 0 Å². The number of aromatic nitrogens is 1. The summed E-state index contributed by atoms with van der Waals surface area (Å²) in [4.78, 5) is 4.35. The Kier molecular flexibility index (Phi) is 4.25. The molecule has 2 nitrogen and oxygen atoms in total. The number of nitrogens with one attached hydrogen (secondary N) is 1. The molecule has 0 unspecified atom stereocenters. The van der Waals surface area contributed by atoms with Crippen molar-refractivity contribution < 1.29 is 4.39 Å². The van der Waals surface area contributed by atoms with E-state index in [-0.39, 0.29) is 5.82 Å². The van der Waals surface area contributed by atoms with Gasteiger partial charge in [0.1, 0.15) is 5.82 Å². The topological polar surface area (TPSA) is 24.9 Å². The van der Waals surface area contributed by atoms with Gasteiger partial charge in [0, 0.05) is 22.9 Å². The summed E-state index contributed by atoms with van der Waals surface area (Å²) in [5.41, 5.74) is 1.95. The van der Waals surface area contributed by atoms with Gasteiger partial charge in [0.25, 0.3) is 0 Å². The third kappa shape index (κ3) is 3.87. The number of halogens is 2. The van der Waals surface area contributed by atoms with Crippen LogP contribution in [0.5, 0.6) is 0 Å². The van der Waals surface area contributed by atoms with Gasteiger partial charge in [-0.15, -0.1) is 11.3 Å². The highest BCUT2D eigenvalue weighted by Gasteiger charge is 2.00. The Morgan fingerprint density at radius 3 is 2.82 bits per heavy atom. The quantitative estimate of drug-likeness (QED) is 0.932. The fourth-order valence-electron chi connectivity index (χ4n) is 1.54. The number of hydrogen-bond donors (Lipinski definition) is 1. The normalized spacial score (nSPS) is 10.8. The zero-order valence-electron chi connectivity index (χ0n) is 9.34.